The van der Waals surface area contributed by atoms with Gasteiger partial charge in [-0.25, -0.2) is 14.2 Å². The number of nitrogens with one attached hydrogen (secondary N) is 1. The highest BCUT2D eigenvalue weighted by Gasteiger charge is 2.13. The van der Waals surface area contributed by atoms with Crippen molar-refractivity contribution in [2.24, 2.45) is 0 Å². The molecule has 0 aliphatic heterocycles. The third kappa shape index (κ3) is 3.25. The van der Waals surface area contributed by atoms with Crippen LogP contribution in [0, 0.1) is 5.82 Å². The van der Waals surface area contributed by atoms with Crippen molar-refractivity contribution >= 4 is 17.3 Å². The molecule has 1 aromatic heterocycles. The highest BCUT2D eigenvalue weighted by Crippen LogP contribution is 2.23. The summed E-state index contributed by atoms with van der Waals surface area (Å²) in [5, 5.41) is 11.8. The zero-order valence-electron chi connectivity index (χ0n) is 10.7. The topological polar surface area (TPSA) is 93.2 Å². The number of carboxylic acid groups (broad SMARTS) is 1. The lowest BCUT2D eigenvalue weighted by Crippen LogP contribution is -2.09. The Hall–Kier alpha value is -2.57. The summed E-state index contributed by atoms with van der Waals surface area (Å²) in [7, 11) is 0. The molecule has 2 rings (SSSR count). The van der Waals surface area contributed by atoms with Gasteiger partial charge in [0.05, 0.1) is 23.3 Å². The van der Waals surface area contributed by atoms with Crippen molar-refractivity contribution in [1.29, 1.82) is 0 Å². The number of aromatic carboxylic acids is 1. The number of nitrogen functional groups attached to an aromatic ring is 1. The molecular weight excluding hydrogens is 263 g/mol. The van der Waals surface area contributed by atoms with Crippen molar-refractivity contribution < 1.29 is 14.3 Å². The first-order valence-corrected chi connectivity index (χ1v) is 6.10. The Bertz CT molecular complexity index is 599. The monoisotopic (exact) mass is 278 g/mol. The van der Waals surface area contributed by atoms with Crippen molar-refractivity contribution in [2.75, 3.05) is 17.6 Å². The van der Waals surface area contributed by atoms with Gasteiger partial charge in [0.2, 0.25) is 0 Å². The first-order valence-electron chi connectivity index (χ1n) is 6.10. The minimum Gasteiger partial charge on any atom is -0.478 e. The number of hydrogen-bond donors (Lipinski definition) is 3. The SMILES string of the molecule is Nc1cc(C(=O)O)c(F)cc1NCCCn1ccnc1. The van der Waals surface area contributed by atoms with Crippen LogP contribution < -0.4 is 11.1 Å². The molecule has 0 fully saturated rings. The van der Waals surface area contributed by atoms with Gasteiger partial charge in [0, 0.05) is 25.5 Å². The van der Waals surface area contributed by atoms with Gasteiger partial charge in [-0.3, -0.25) is 0 Å². The number of imidazole rings is 1. The van der Waals surface area contributed by atoms with Crippen molar-refractivity contribution in [3.8, 4) is 0 Å². The number of nitrogens with zero attached hydrogens (tertiary/aromatic N) is 2. The minimum absolute atomic E-state index is 0.214. The average molecular weight is 278 g/mol. The molecule has 0 atom stereocenters. The number of hydrogen-bond acceptors (Lipinski definition) is 4. The Morgan fingerprint density at radius 1 is 1.50 bits per heavy atom. The first kappa shape index (κ1) is 13.9. The number of carbonyl (C=O) groups is 1. The third-order valence-electron chi connectivity index (χ3n) is 2.84. The maximum Gasteiger partial charge on any atom is 0.338 e. The van der Waals surface area contributed by atoms with Crippen LogP contribution in [0.1, 0.15) is 16.8 Å². The van der Waals surface area contributed by atoms with Crippen molar-refractivity contribution in [2.45, 2.75) is 13.0 Å². The van der Waals surface area contributed by atoms with Gasteiger partial charge in [-0.05, 0) is 18.6 Å². The Labute approximate surface area is 115 Å². The summed E-state index contributed by atoms with van der Waals surface area (Å²) in [5.41, 5.74) is 5.89. The molecule has 0 bridgehead atoms. The Balaban J connectivity index is 1.92. The van der Waals surface area contributed by atoms with Gasteiger partial charge in [0.25, 0.3) is 0 Å². The number of benzene rings is 1. The van der Waals surface area contributed by atoms with Crippen LogP contribution in [-0.2, 0) is 6.54 Å². The second-order valence-electron chi connectivity index (χ2n) is 4.31. The molecule has 0 saturated carbocycles. The van der Waals surface area contributed by atoms with E-state index in [1.165, 1.54) is 0 Å². The second-order valence-corrected chi connectivity index (χ2v) is 4.31. The fraction of sp³-hybridized carbons (Fsp3) is 0.231. The van der Waals surface area contributed by atoms with Crippen molar-refractivity contribution in [3.63, 3.8) is 0 Å². The van der Waals surface area contributed by atoms with Crippen molar-refractivity contribution in [3.05, 3.63) is 42.2 Å². The van der Waals surface area contributed by atoms with E-state index in [-0.39, 0.29) is 5.69 Å². The second kappa shape index (κ2) is 6.05. The van der Waals surface area contributed by atoms with E-state index < -0.39 is 17.3 Å². The molecule has 20 heavy (non-hydrogen) atoms. The molecular formula is C13H15FN4O2. The number of aromatic nitrogens is 2. The summed E-state index contributed by atoms with van der Waals surface area (Å²) in [6, 6.07) is 2.23. The maximum absolute atomic E-state index is 13.5. The number of aryl methyl sites for hydroxylation is 1. The molecule has 2 aromatic rings. The molecule has 0 unspecified atom stereocenters. The summed E-state index contributed by atoms with van der Waals surface area (Å²) < 4.78 is 15.5. The maximum atomic E-state index is 13.5. The molecule has 1 heterocycles. The van der Waals surface area contributed by atoms with Crippen LogP contribution in [0.3, 0.4) is 0 Å². The van der Waals surface area contributed by atoms with Crippen LogP contribution in [0.25, 0.3) is 0 Å². The summed E-state index contributed by atoms with van der Waals surface area (Å²) in [4.78, 5) is 14.7. The van der Waals surface area contributed by atoms with Crippen LogP contribution in [0.2, 0.25) is 0 Å². The molecule has 106 valence electrons. The number of carboxylic acids is 1. The molecule has 0 aliphatic rings. The van der Waals surface area contributed by atoms with Crippen LogP contribution in [0.15, 0.2) is 30.9 Å². The van der Waals surface area contributed by atoms with Gasteiger partial charge in [-0.15, -0.1) is 0 Å². The normalized spacial score (nSPS) is 10.4. The molecule has 0 saturated heterocycles. The van der Waals surface area contributed by atoms with E-state index in [1.807, 2.05) is 10.8 Å². The zero-order valence-corrected chi connectivity index (χ0v) is 10.7. The standard InChI is InChI=1S/C13H15FN4O2/c14-10-7-12(11(15)6-9(10)13(19)20)17-2-1-4-18-5-3-16-8-18/h3,5-8,17H,1-2,4,15H2,(H,19,20). The Morgan fingerprint density at radius 2 is 2.30 bits per heavy atom. The van der Waals surface area contributed by atoms with E-state index >= 15 is 0 Å². The molecule has 1 aromatic carbocycles. The predicted molar refractivity (Wildman–Crippen MR) is 73.1 cm³/mol. The Morgan fingerprint density at radius 3 is 2.95 bits per heavy atom. The van der Waals surface area contributed by atoms with Gasteiger partial charge >= 0.3 is 5.97 Å². The number of nitrogens with two attached hydrogens (primary N) is 1. The largest absolute Gasteiger partial charge is 0.478 e. The van der Waals surface area contributed by atoms with Gasteiger partial charge in [-0.1, -0.05) is 0 Å². The van der Waals surface area contributed by atoms with Crippen LogP contribution in [0.5, 0.6) is 0 Å². The molecule has 0 spiro atoms. The van der Waals surface area contributed by atoms with Crippen LogP contribution in [0.4, 0.5) is 15.8 Å². The summed E-state index contributed by atoms with van der Waals surface area (Å²) >= 11 is 0. The summed E-state index contributed by atoms with van der Waals surface area (Å²) in [5.74, 6) is -2.13. The highest BCUT2D eigenvalue weighted by atomic mass is 19.1. The van der Waals surface area contributed by atoms with Gasteiger partial charge in [0.1, 0.15) is 5.82 Å². The van der Waals surface area contributed by atoms with Crippen LogP contribution in [-0.4, -0.2) is 27.2 Å². The molecule has 7 heteroatoms. The number of rotatable bonds is 6. The van der Waals surface area contributed by atoms with Gasteiger partial charge in [-0.2, -0.15) is 0 Å². The highest BCUT2D eigenvalue weighted by molar-refractivity contribution is 5.90. The third-order valence-corrected chi connectivity index (χ3v) is 2.84. The summed E-state index contributed by atoms with van der Waals surface area (Å²) in [6.45, 7) is 1.37. The average Bonchev–Trinajstić information content (AvgIpc) is 2.90. The smallest absolute Gasteiger partial charge is 0.338 e. The van der Waals surface area contributed by atoms with E-state index in [1.54, 1.807) is 12.5 Å². The molecule has 0 amide bonds. The quantitative estimate of drug-likeness (QED) is 0.553. The number of halogens is 1. The summed E-state index contributed by atoms with van der Waals surface area (Å²) in [6.07, 6.45) is 6.08. The van der Waals surface area contributed by atoms with E-state index in [9.17, 15) is 9.18 Å². The Kier molecular flexibility index (Phi) is 4.19. The van der Waals surface area contributed by atoms with Gasteiger partial charge < -0.3 is 20.7 Å². The molecule has 0 radical (unpaired) electrons. The molecule has 6 nitrogen and oxygen atoms in total. The van der Waals surface area contributed by atoms with E-state index in [2.05, 4.69) is 10.3 Å². The van der Waals surface area contributed by atoms with Crippen LogP contribution >= 0.6 is 0 Å². The zero-order chi connectivity index (χ0) is 14.5. The molecule has 0 aliphatic carbocycles. The van der Waals surface area contributed by atoms with E-state index in [0.29, 0.717) is 12.2 Å². The minimum atomic E-state index is -1.33. The first-order chi connectivity index (χ1) is 9.58. The lowest BCUT2D eigenvalue weighted by Gasteiger charge is -2.11. The fourth-order valence-electron chi connectivity index (χ4n) is 1.81. The van der Waals surface area contributed by atoms with Gasteiger partial charge in [0.15, 0.2) is 0 Å². The lowest BCUT2D eigenvalue weighted by molar-refractivity contribution is 0.0692. The lowest BCUT2D eigenvalue weighted by atomic mass is 10.1. The predicted octanol–water partition coefficient (Wildman–Crippen LogP) is 1.80. The molecule has 4 N–H and O–H groups in total. The number of anilines is 2. The van der Waals surface area contributed by atoms with E-state index in [4.69, 9.17) is 10.8 Å². The van der Waals surface area contributed by atoms with Crippen molar-refractivity contribution in [1.82, 2.24) is 9.55 Å². The van der Waals surface area contributed by atoms with E-state index in [0.717, 1.165) is 25.1 Å². The fourth-order valence-corrected chi connectivity index (χ4v) is 1.81.